The van der Waals surface area contributed by atoms with Crippen molar-refractivity contribution < 1.29 is 0 Å². The fraction of sp³-hybridized carbons (Fsp3) is 0.290. The number of hydrogen-bond acceptors (Lipinski definition) is 0. The van der Waals surface area contributed by atoms with E-state index < -0.39 is 0 Å². The molecule has 0 bridgehead atoms. The number of hydrogen-bond donors (Lipinski definition) is 1. The van der Waals surface area contributed by atoms with Crippen molar-refractivity contribution in [3.8, 4) is 0 Å². The minimum atomic E-state index is 0.0888. The Morgan fingerprint density at radius 3 is 1.85 bits per heavy atom. The zero-order valence-electron chi connectivity index (χ0n) is 21.7. The molecule has 1 atom stereocenters. The number of benzene rings is 2. The average Bonchev–Trinajstić information content (AvgIpc) is 3.15. The first-order valence-corrected chi connectivity index (χ1v) is 13.9. The van der Waals surface area contributed by atoms with Crippen molar-refractivity contribution in [2.24, 2.45) is 5.92 Å². The summed E-state index contributed by atoms with van der Waals surface area (Å²) >= 11 is 0. The molecule has 0 spiro atoms. The van der Waals surface area contributed by atoms with E-state index in [0.29, 0.717) is 5.66 Å². The molecule has 0 saturated heterocycles. The highest BCUT2D eigenvalue weighted by atomic mass is 31.1. The number of H-pyrrole nitrogens is 1. The molecule has 0 aliphatic heterocycles. The van der Waals surface area contributed by atoms with E-state index in [2.05, 4.69) is 108 Å². The van der Waals surface area contributed by atoms with Crippen molar-refractivity contribution in [3.05, 3.63) is 96.4 Å². The Bertz CT molecular complexity index is 1060. The van der Waals surface area contributed by atoms with Crippen LogP contribution >= 0.6 is 7.92 Å². The van der Waals surface area contributed by atoms with Crippen LogP contribution in [0.4, 0.5) is 0 Å². The first kappa shape index (κ1) is 28.4. The van der Waals surface area contributed by atoms with E-state index in [0.717, 1.165) is 28.4 Å². The third kappa shape index (κ3) is 8.34. The number of aromatic amines is 1. The molecule has 0 fully saturated rings. The molecule has 1 aromatic heterocycles. The number of allylic oxidation sites excluding steroid dienone is 1. The predicted octanol–water partition coefficient (Wildman–Crippen LogP) is 10.3. The Hall–Kier alpha value is -2.63. The smallest absolute Gasteiger partial charge is 0.0461 e. The number of aromatic nitrogens is 1. The quantitative estimate of drug-likeness (QED) is 0.353. The third-order valence-corrected chi connectivity index (χ3v) is 6.96. The average molecular weight is 460 g/mol. The Balaban J connectivity index is 0.000000285. The van der Waals surface area contributed by atoms with E-state index in [1.165, 1.54) is 16.3 Å². The minimum absolute atomic E-state index is 0.0888. The second kappa shape index (κ2) is 14.5. The minimum Gasteiger partial charge on any atom is -0.355 e. The molecule has 0 aliphatic rings. The third-order valence-electron chi connectivity index (χ3n) is 5.13. The van der Waals surface area contributed by atoms with E-state index in [-0.39, 0.29) is 7.92 Å². The maximum absolute atomic E-state index is 3.79. The zero-order valence-corrected chi connectivity index (χ0v) is 22.5. The standard InChI is InChI=1S/C14H17P.C13H15N.C4H10/c1-11(15(2)3)13-10-6-8-12-7-4-5-9-14(12)13;1-5-9-13-11(7-3)10(6-2)12(8-4)14-13;1-4(2)3/h4-11H,1-3H3;5-9,14H,2-4H2,1H3;4H,1-3H3/b;9-5-;. The Morgan fingerprint density at radius 2 is 1.33 bits per heavy atom. The fourth-order valence-corrected chi connectivity index (χ4v) is 4.14. The largest absolute Gasteiger partial charge is 0.355 e. The Morgan fingerprint density at radius 1 is 0.788 bits per heavy atom. The maximum Gasteiger partial charge on any atom is 0.0461 e. The summed E-state index contributed by atoms with van der Waals surface area (Å²) in [6.07, 6.45) is 9.43. The molecule has 0 radical (unpaired) electrons. The van der Waals surface area contributed by atoms with Gasteiger partial charge in [-0.3, -0.25) is 0 Å². The highest BCUT2D eigenvalue weighted by Gasteiger charge is 2.11. The van der Waals surface area contributed by atoms with Crippen LogP contribution in [0.2, 0.25) is 0 Å². The van der Waals surface area contributed by atoms with E-state index in [1.54, 1.807) is 6.08 Å². The summed E-state index contributed by atoms with van der Waals surface area (Å²) < 4.78 is 0. The van der Waals surface area contributed by atoms with Crippen molar-refractivity contribution in [1.29, 1.82) is 0 Å². The van der Waals surface area contributed by atoms with Crippen LogP contribution in [0.15, 0.2) is 68.3 Å². The summed E-state index contributed by atoms with van der Waals surface area (Å²) in [5.41, 5.74) is 6.36. The van der Waals surface area contributed by atoms with Crippen molar-refractivity contribution in [3.63, 3.8) is 0 Å². The lowest BCUT2D eigenvalue weighted by atomic mass is 10.0. The molecule has 1 heterocycles. The summed E-state index contributed by atoms with van der Waals surface area (Å²) in [7, 11) is 0.0888. The molecule has 1 N–H and O–H groups in total. The number of rotatable bonds is 6. The lowest BCUT2D eigenvalue weighted by Gasteiger charge is -2.18. The maximum atomic E-state index is 3.79. The zero-order chi connectivity index (χ0) is 25.0. The van der Waals surface area contributed by atoms with Gasteiger partial charge in [-0.2, -0.15) is 0 Å². The summed E-state index contributed by atoms with van der Waals surface area (Å²) in [5.74, 6) is 0.833. The van der Waals surface area contributed by atoms with Gasteiger partial charge in [-0.1, -0.05) is 108 Å². The van der Waals surface area contributed by atoms with Crippen molar-refractivity contribution in [2.45, 2.75) is 40.3 Å². The SMILES string of the molecule is C=Cc1[nH]c(/C=C\C)c(C=C)c1C=C.CC(C)C.CC(c1cccc2ccccc12)P(C)C. The molecule has 0 aliphatic carbocycles. The highest BCUT2D eigenvalue weighted by molar-refractivity contribution is 7.56. The van der Waals surface area contributed by atoms with E-state index in [1.807, 2.05) is 31.2 Å². The van der Waals surface area contributed by atoms with E-state index in [4.69, 9.17) is 0 Å². The molecule has 2 heteroatoms. The molecule has 0 amide bonds. The first-order valence-electron chi connectivity index (χ1n) is 11.6. The van der Waals surface area contributed by atoms with Crippen molar-refractivity contribution in [1.82, 2.24) is 4.98 Å². The van der Waals surface area contributed by atoms with Crippen LogP contribution in [-0.2, 0) is 0 Å². The molecule has 1 nitrogen and oxygen atoms in total. The normalized spacial score (nSPS) is 11.5. The van der Waals surface area contributed by atoms with Gasteiger partial charge in [0.05, 0.1) is 0 Å². The topological polar surface area (TPSA) is 15.8 Å². The van der Waals surface area contributed by atoms with Gasteiger partial charge in [-0.15, -0.1) is 7.92 Å². The highest BCUT2D eigenvalue weighted by Crippen LogP contribution is 2.46. The summed E-state index contributed by atoms with van der Waals surface area (Å²) in [5, 5.41) is 2.78. The summed E-state index contributed by atoms with van der Waals surface area (Å²) in [6, 6.07) is 15.3. The van der Waals surface area contributed by atoms with Gasteiger partial charge >= 0.3 is 0 Å². The van der Waals surface area contributed by atoms with Crippen LogP contribution in [0.1, 0.15) is 68.4 Å². The molecular weight excluding hydrogens is 417 g/mol. The van der Waals surface area contributed by atoms with Gasteiger partial charge in [-0.25, -0.2) is 0 Å². The molecule has 33 heavy (non-hydrogen) atoms. The molecule has 3 aromatic rings. The van der Waals surface area contributed by atoms with Crippen LogP contribution in [0, 0.1) is 5.92 Å². The van der Waals surface area contributed by atoms with Gasteiger partial charge in [0.15, 0.2) is 0 Å². The molecule has 0 saturated carbocycles. The van der Waals surface area contributed by atoms with Gasteiger partial charge in [-0.05, 0) is 54.7 Å². The van der Waals surface area contributed by atoms with Crippen molar-refractivity contribution in [2.75, 3.05) is 13.3 Å². The number of nitrogens with one attached hydrogen (secondary N) is 1. The second-order valence-electron chi connectivity index (χ2n) is 8.83. The molecular formula is C31H42NP. The monoisotopic (exact) mass is 459 g/mol. The fourth-order valence-electron chi connectivity index (χ4n) is 3.36. The molecule has 2 aromatic carbocycles. The molecule has 3 rings (SSSR count). The van der Waals surface area contributed by atoms with Crippen molar-refractivity contribution >= 4 is 43.0 Å². The van der Waals surface area contributed by atoms with Gasteiger partial charge in [0.1, 0.15) is 0 Å². The predicted molar refractivity (Wildman–Crippen MR) is 157 cm³/mol. The van der Waals surface area contributed by atoms with Gasteiger partial charge in [0.2, 0.25) is 0 Å². The summed E-state index contributed by atoms with van der Waals surface area (Å²) in [4.78, 5) is 3.26. The van der Waals surface area contributed by atoms with Crippen LogP contribution in [-0.4, -0.2) is 18.3 Å². The van der Waals surface area contributed by atoms with Gasteiger partial charge in [0.25, 0.3) is 0 Å². The number of fused-ring (bicyclic) bond motifs is 1. The van der Waals surface area contributed by atoms with Crippen LogP contribution < -0.4 is 0 Å². The molecule has 176 valence electrons. The first-order chi connectivity index (χ1) is 15.7. The van der Waals surface area contributed by atoms with Crippen LogP contribution in [0.25, 0.3) is 35.1 Å². The van der Waals surface area contributed by atoms with Crippen LogP contribution in [0.3, 0.4) is 0 Å². The Kier molecular flexibility index (Phi) is 12.5. The van der Waals surface area contributed by atoms with Gasteiger partial charge < -0.3 is 4.98 Å². The van der Waals surface area contributed by atoms with Crippen LogP contribution in [0.5, 0.6) is 0 Å². The van der Waals surface area contributed by atoms with E-state index in [9.17, 15) is 0 Å². The lowest BCUT2D eigenvalue weighted by molar-refractivity contribution is 0.737. The Labute approximate surface area is 203 Å². The lowest BCUT2D eigenvalue weighted by Crippen LogP contribution is -1.91. The van der Waals surface area contributed by atoms with Gasteiger partial charge in [0, 0.05) is 28.2 Å². The second-order valence-corrected chi connectivity index (χ2v) is 11.5. The van der Waals surface area contributed by atoms with E-state index >= 15 is 0 Å². The summed E-state index contributed by atoms with van der Waals surface area (Å²) in [6.45, 7) is 26.8. The molecule has 1 unspecified atom stereocenters.